The molecule has 2 saturated heterocycles. The second-order valence-electron chi connectivity index (χ2n) is 6.74. The van der Waals surface area contributed by atoms with Gasteiger partial charge in [-0.05, 0) is 20.8 Å². The lowest BCUT2D eigenvalue weighted by molar-refractivity contribution is -0.151. The summed E-state index contributed by atoms with van der Waals surface area (Å²) >= 11 is 0. The van der Waals surface area contributed by atoms with Crippen LogP contribution < -0.4 is 5.32 Å². The molecule has 2 heterocycles. The van der Waals surface area contributed by atoms with E-state index in [1.165, 1.54) is 4.90 Å². The van der Waals surface area contributed by atoms with Crippen LogP contribution in [0.3, 0.4) is 0 Å². The van der Waals surface area contributed by atoms with Crippen LogP contribution in [0, 0.1) is 0 Å². The van der Waals surface area contributed by atoms with Crippen LogP contribution in [-0.4, -0.2) is 71.7 Å². The predicted octanol–water partition coefficient (Wildman–Crippen LogP) is 0.576. The van der Waals surface area contributed by atoms with Crippen molar-refractivity contribution in [3.63, 3.8) is 0 Å². The molecule has 2 N–H and O–H groups in total. The molecule has 0 aromatic carbocycles. The number of carboxylic acid groups (broad SMARTS) is 1. The zero-order valence-electron chi connectivity index (χ0n) is 13.5. The number of alkyl carbamates (subject to hydrolysis) is 1. The fourth-order valence-corrected chi connectivity index (χ4v) is 2.31. The molecule has 130 valence electrons. The van der Waals surface area contributed by atoms with E-state index in [1.54, 1.807) is 20.8 Å². The largest absolute Gasteiger partial charge is 0.479 e. The molecule has 2 rings (SSSR count). The van der Waals surface area contributed by atoms with Crippen molar-refractivity contribution in [3.05, 3.63) is 0 Å². The lowest BCUT2D eigenvalue weighted by Crippen LogP contribution is -2.75. The summed E-state index contributed by atoms with van der Waals surface area (Å²) in [7, 11) is 0. The third-order valence-electron chi connectivity index (χ3n) is 3.49. The van der Waals surface area contributed by atoms with Crippen molar-refractivity contribution in [1.82, 2.24) is 10.2 Å². The Morgan fingerprint density at radius 3 is 2.43 bits per heavy atom. The lowest BCUT2D eigenvalue weighted by atomic mass is 9.90. The zero-order chi connectivity index (χ0) is 17.3. The first-order chi connectivity index (χ1) is 10.6. The van der Waals surface area contributed by atoms with Crippen molar-refractivity contribution < 1.29 is 33.7 Å². The number of hydrogen-bond acceptors (Lipinski definition) is 6. The van der Waals surface area contributed by atoms with Gasteiger partial charge in [0.15, 0.2) is 5.54 Å². The molecule has 1 atom stereocenters. The van der Waals surface area contributed by atoms with Gasteiger partial charge >= 0.3 is 18.2 Å². The van der Waals surface area contributed by atoms with Gasteiger partial charge in [0, 0.05) is 6.42 Å². The van der Waals surface area contributed by atoms with Crippen LogP contribution in [0.4, 0.5) is 9.59 Å². The molecule has 0 aliphatic carbocycles. The maximum atomic E-state index is 11.9. The third-order valence-corrected chi connectivity index (χ3v) is 3.49. The first-order valence-corrected chi connectivity index (χ1v) is 7.39. The molecule has 23 heavy (non-hydrogen) atoms. The Hall–Kier alpha value is -2.03. The second kappa shape index (κ2) is 6.23. The Morgan fingerprint density at radius 2 is 1.96 bits per heavy atom. The number of carboxylic acids is 1. The first kappa shape index (κ1) is 17.3. The molecule has 9 heteroatoms. The number of nitrogens with one attached hydrogen (secondary N) is 1. The molecule has 0 radical (unpaired) electrons. The highest BCUT2D eigenvalue weighted by Gasteiger charge is 2.54. The van der Waals surface area contributed by atoms with Gasteiger partial charge in [-0.25, -0.2) is 14.4 Å². The molecule has 0 aromatic rings. The van der Waals surface area contributed by atoms with Crippen LogP contribution in [0.5, 0.6) is 0 Å². The van der Waals surface area contributed by atoms with Crippen LogP contribution in [-0.2, 0) is 19.0 Å². The number of amides is 2. The van der Waals surface area contributed by atoms with E-state index in [0.29, 0.717) is 19.6 Å². The monoisotopic (exact) mass is 330 g/mol. The molecule has 9 nitrogen and oxygen atoms in total. The van der Waals surface area contributed by atoms with Gasteiger partial charge in [0.05, 0.1) is 26.3 Å². The van der Waals surface area contributed by atoms with Crippen LogP contribution in [0.2, 0.25) is 0 Å². The first-order valence-electron chi connectivity index (χ1n) is 7.39. The van der Waals surface area contributed by atoms with E-state index in [0.717, 1.165) is 0 Å². The summed E-state index contributed by atoms with van der Waals surface area (Å²) in [6.45, 7) is 5.62. The fourth-order valence-electron chi connectivity index (χ4n) is 2.31. The predicted molar refractivity (Wildman–Crippen MR) is 77.0 cm³/mol. The molecule has 2 amide bonds. The molecule has 2 fully saturated rings. The van der Waals surface area contributed by atoms with Crippen molar-refractivity contribution in [2.24, 2.45) is 0 Å². The lowest BCUT2D eigenvalue weighted by Gasteiger charge is -2.46. The van der Waals surface area contributed by atoms with Gasteiger partial charge in [-0.3, -0.25) is 0 Å². The Morgan fingerprint density at radius 1 is 1.30 bits per heavy atom. The number of rotatable bonds is 3. The summed E-state index contributed by atoms with van der Waals surface area (Å²) in [6.07, 6.45) is -1.24. The number of carbonyl (C=O) groups excluding carboxylic acids is 2. The quantitative estimate of drug-likeness (QED) is 0.777. The number of nitrogens with zero attached hydrogens (tertiary/aromatic N) is 1. The van der Waals surface area contributed by atoms with E-state index >= 15 is 0 Å². The molecule has 0 spiro atoms. The van der Waals surface area contributed by atoms with Gasteiger partial charge < -0.3 is 29.5 Å². The number of ether oxygens (including phenoxy) is 3. The minimum Gasteiger partial charge on any atom is -0.479 e. The number of likely N-dealkylation sites (tertiary alicyclic amines) is 1. The maximum Gasteiger partial charge on any atom is 0.410 e. The number of carbonyl (C=O) groups is 3. The van der Waals surface area contributed by atoms with Crippen LogP contribution in [0.25, 0.3) is 0 Å². The highest BCUT2D eigenvalue weighted by atomic mass is 16.6. The highest BCUT2D eigenvalue weighted by Crippen LogP contribution is 2.24. The van der Waals surface area contributed by atoms with E-state index in [4.69, 9.17) is 14.2 Å². The van der Waals surface area contributed by atoms with Gasteiger partial charge in [0.2, 0.25) is 0 Å². The summed E-state index contributed by atoms with van der Waals surface area (Å²) in [4.78, 5) is 36.4. The second-order valence-corrected chi connectivity index (χ2v) is 6.74. The Kier molecular flexibility index (Phi) is 4.69. The normalized spacial score (nSPS) is 22.9. The maximum absolute atomic E-state index is 11.9. The third kappa shape index (κ3) is 4.25. The molecule has 2 aliphatic heterocycles. The van der Waals surface area contributed by atoms with Crippen LogP contribution >= 0.6 is 0 Å². The summed E-state index contributed by atoms with van der Waals surface area (Å²) in [5.74, 6) is -1.23. The molecule has 0 bridgehead atoms. The van der Waals surface area contributed by atoms with Crippen molar-refractivity contribution in [3.8, 4) is 0 Å². The highest BCUT2D eigenvalue weighted by molar-refractivity contribution is 5.88. The van der Waals surface area contributed by atoms with E-state index in [1.807, 2.05) is 0 Å². The fraction of sp³-hybridized carbons (Fsp3) is 0.786. The summed E-state index contributed by atoms with van der Waals surface area (Å²) in [5.41, 5.74) is -2.22. The Balaban J connectivity index is 1.88. The Bertz CT molecular complexity index is 488. The van der Waals surface area contributed by atoms with E-state index in [9.17, 15) is 19.5 Å². The van der Waals surface area contributed by atoms with Gasteiger partial charge in [0.25, 0.3) is 0 Å². The van der Waals surface area contributed by atoms with Crippen LogP contribution in [0.1, 0.15) is 27.2 Å². The molecule has 0 saturated carbocycles. The minimum absolute atomic E-state index is 0.173. The van der Waals surface area contributed by atoms with Crippen molar-refractivity contribution in [2.75, 3.05) is 26.3 Å². The molecular formula is C14H22N2O7. The Labute approximate surface area is 133 Å². The van der Waals surface area contributed by atoms with E-state index < -0.39 is 29.3 Å². The van der Waals surface area contributed by atoms with Crippen LogP contribution in [0.15, 0.2) is 0 Å². The summed E-state index contributed by atoms with van der Waals surface area (Å²) in [6, 6.07) is 0. The van der Waals surface area contributed by atoms with E-state index in [2.05, 4.69) is 5.32 Å². The number of aliphatic carboxylic acids is 1. The van der Waals surface area contributed by atoms with Gasteiger partial charge in [-0.2, -0.15) is 0 Å². The van der Waals surface area contributed by atoms with Crippen molar-refractivity contribution in [2.45, 2.75) is 44.4 Å². The van der Waals surface area contributed by atoms with Gasteiger partial charge in [-0.1, -0.05) is 0 Å². The van der Waals surface area contributed by atoms with Gasteiger partial charge in [-0.15, -0.1) is 0 Å². The van der Waals surface area contributed by atoms with Crippen molar-refractivity contribution in [1.29, 1.82) is 0 Å². The number of hydrogen-bond donors (Lipinski definition) is 2. The molecular weight excluding hydrogens is 308 g/mol. The minimum atomic E-state index is -1.55. The topological polar surface area (TPSA) is 114 Å². The van der Waals surface area contributed by atoms with Crippen molar-refractivity contribution >= 4 is 18.2 Å². The average molecular weight is 330 g/mol. The standard InChI is InChI=1S/C14H22N2O7/c1-13(2,3)23-12(20)16-7-14(8-16,10(17)18)15-11(19)22-9-4-5-21-6-9/h9H,4-8H2,1-3H3,(H,15,19)(H,17,18). The molecule has 0 aromatic heterocycles. The SMILES string of the molecule is CC(C)(C)OC(=O)N1CC(NC(=O)OC2CCOC2)(C(=O)O)C1. The summed E-state index contributed by atoms with van der Waals surface area (Å²) < 4.78 is 15.3. The average Bonchev–Trinajstić information content (AvgIpc) is 2.83. The molecule has 2 aliphatic rings. The zero-order valence-corrected chi connectivity index (χ0v) is 13.5. The summed E-state index contributed by atoms with van der Waals surface area (Å²) in [5, 5.41) is 11.7. The van der Waals surface area contributed by atoms with Gasteiger partial charge in [0.1, 0.15) is 11.7 Å². The smallest absolute Gasteiger partial charge is 0.410 e. The molecule has 1 unspecified atom stereocenters. The van der Waals surface area contributed by atoms with E-state index in [-0.39, 0.29) is 19.2 Å².